The van der Waals surface area contributed by atoms with E-state index in [1.165, 1.54) is 0 Å². The Balaban J connectivity index is 1.96. The molecule has 2 N–H and O–H groups in total. The van der Waals surface area contributed by atoms with E-state index in [2.05, 4.69) is 31.7 Å². The Bertz CT molecular complexity index is 854. The quantitative estimate of drug-likeness (QED) is 0.558. The number of carbonyl (C=O) groups excluding carboxylic acids is 1. The number of benzene rings is 1. The topological polar surface area (TPSA) is 59.0 Å². The first kappa shape index (κ1) is 21.0. The van der Waals surface area contributed by atoms with Crippen molar-refractivity contribution in [3.05, 3.63) is 45.0 Å². The second kappa shape index (κ2) is 8.32. The molecule has 2 heterocycles. The van der Waals surface area contributed by atoms with Gasteiger partial charge in [-0.05, 0) is 24.1 Å². The molecule has 0 spiro atoms. The number of amides is 1. The van der Waals surface area contributed by atoms with Gasteiger partial charge in [-0.1, -0.05) is 53.0 Å². The van der Waals surface area contributed by atoms with Crippen LogP contribution in [0, 0.1) is 0 Å². The number of carbonyl (C=O) groups is 1. The minimum absolute atomic E-state index is 0.00352. The van der Waals surface area contributed by atoms with Gasteiger partial charge < -0.3 is 10.6 Å². The van der Waals surface area contributed by atoms with Gasteiger partial charge in [-0.2, -0.15) is 18.3 Å². The highest BCUT2D eigenvalue weighted by molar-refractivity contribution is 9.10. The molecule has 0 bridgehead atoms. The molecule has 5 nitrogen and oxygen atoms in total. The summed E-state index contributed by atoms with van der Waals surface area (Å²) in [5.74, 6) is -0.577. The zero-order valence-corrected chi connectivity index (χ0v) is 17.3. The van der Waals surface area contributed by atoms with Gasteiger partial charge in [0, 0.05) is 17.4 Å². The van der Waals surface area contributed by atoms with Gasteiger partial charge in [-0.25, -0.2) is 4.68 Å². The van der Waals surface area contributed by atoms with E-state index in [1.54, 1.807) is 24.3 Å². The van der Waals surface area contributed by atoms with E-state index in [-0.39, 0.29) is 23.0 Å². The number of anilines is 1. The van der Waals surface area contributed by atoms with Gasteiger partial charge in [0.2, 0.25) is 0 Å². The van der Waals surface area contributed by atoms with Crippen molar-refractivity contribution >= 4 is 39.3 Å². The third kappa shape index (κ3) is 4.30. The van der Waals surface area contributed by atoms with Gasteiger partial charge in [0.25, 0.3) is 5.91 Å². The fraction of sp³-hybridized carbons (Fsp3) is 0.444. The monoisotopic (exact) mass is 478 g/mol. The summed E-state index contributed by atoms with van der Waals surface area (Å²) < 4.78 is 42.8. The molecule has 0 saturated heterocycles. The second-order valence-electron chi connectivity index (χ2n) is 6.61. The first-order chi connectivity index (χ1) is 13.2. The summed E-state index contributed by atoms with van der Waals surface area (Å²) in [6, 6.07) is 4.52. The van der Waals surface area contributed by atoms with Crippen LogP contribution in [0.3, 0.4) is 0 Å². The lowest BCUT2D eigenvalue weighted by Gasteiger charge is -2.33. The third-order valence-electron chi connectivity index (χ3n) is 4.60. The highest BCUT2D eigenvalue weighted by Gasteiger charge is 2.47. The van der Waals surface area contributed by atoms with Gasteiger partial charge in [0.1, 0.15) is 10.8 Å². The predicted molar refractivity (Wildman–Crippen MR) is 105 cm³/mol. The average Bonchev–Trinajstić information content (AvgIpc) is 2.98. The summed E-state index contributed by atoms with van der Waals surface area (Å²) in [5.41, 5.74) is 0.487. The van der Waals surface area contributed by atoms with Gasteiger partial charge >= 0.3 is 6.18 Å². The molecular formula is C18H19BrClF3N4O. The van der Waals surface area contributed by atoms with Crippen LogP contribution in [0.2, 0.25) is 5.02 Å². The molecule has 10 heteroatoms. The SMILES string of the molecule is CCCCNC(=O)c1nn2c(c1Cl)NC(c1ccc(Br)cc1)CC2C(F)(F)F. The number of fused-ring (bicyclic) bond motifs is 1. The number of nitrogens with zero attached hydrogens (tertiary/aromatic N) is 2. The van der Waals surface area contributed by atoms with Crippen molar-refractivity contribution < 1.29 is 18.0 Å². The molecular weight excluding hydrogens is 461 g/mol. The maximum atomic E-state index is 13.7. The van der Waals surface area contributed by atoms with Gasteiger partial charge in [-0.15, -0.1) is 0 Å². The Morgan fingerprint density at radius 3 is 2.68 bits per heavy atom. The molecule has 1 aromatic carbocycles. The molecule has 1 amide bonds. The van der Waals surface area contributed by atoms with Crippen molar-refractivity contribution in [2.45, 2.75) is 44.4 Å². The Morgan fingerprint density at radius 1 is 1.39 bits per heavy atom. The zero-order chi connectivity index (χ0) is 20.5. The minimum Gasteiger partial charge on any atom is -0.362 e. The van der Waals surface area contributed by atoms with Crippen molar-refractivity contribution in [3.63, 3.8) is 0 Å². The van der Waals surface area contributed by atoms with Crippen LogP contribution in [0.4, 0.5) is 19.0 Å². The summed E-state index contributed by atoms with van der Waals surface area (Å²) in [7, 11) is 0. The van der Waals surface area contributed by atoms with Crippen LogP contribution >= 0.6 is 27.5 Å². The third-order valence-corrected chi connectivity index (χ3v) is 5.49. The number of nitrogens with one attached hydrogen (secondary N) is 2. The molecule has 2 unspecified atom stereocenters. The van der Waals surface area contributed by atoms with E-state index < -0.39 is 24.2 Å². The molecule has 152 valence electrons. The number of aromatic nitrogens is 2. The van der Waals surface area contributed by atoms with Crippen LogP contribution in [0.15, 0.2) is 28.7 Å². The lowest BCUT2D eigenvalue weighted by Crippen LogP contribution is -2.36. The Hall–Kier alpha value is -1.74. The van der Waals surface area contributed by atoms with E-state index in [0.29, 0.717) is 12.1 Å². The molecule has 1 aromatic heterocycles. The molecule has 0 saturated carbocycles. The van der Waals surface area contributed by atoms with Gasteiger partial charge in [-0.3, -0.25) is 4.79 Å². The highest BCUT2D eigenvalue weighted by atomic mass is 79.9. The Labute approximate surface area is 173 Å². The first-order valence-corrected chi connectivity index (χ1v) is 10.0. The summed E-state index contributed by atoms with van der Waals surface area (Å²) in [6.07, 6.45) is -3.16. The van der Waals surface area contributed by atoms with Crippen LogP contribution < -0.4 is 10.6 Å². The van der Waals surface area contributed by atoms with Gasteiger partial charge in [0.05, 0.1) is 6.04 Å². The standard InChI is InChI=1S/C18H19BrClF3N4O/c1-2-3-8-24-17(28)15-14(20)16-25-12(10-4-6-11(19)7-5-10)9-13(18(21,22)23)27(16)26-15/h4-7,12-13,25H,2-3,8-9H2,1H3,(H,24,28). The summed E-state index contributed by atoms with van der Waals surface area (Å²) in [4.78, 5) is 12.3. The van der Waals surface area contributed by atoms with Crippen molar-refractivity contribution in [2.75, 3.05) is 11.9 Å². The molecule has 1 aliphatic heterocycles. The molecule has 2 atom stereocenters. The Kier molecular flexibility index (Phi) is 6.24. The minimum atomic E-state index is -4.53. The maximum Gasteiger partial charge on any atom is 0.410 e. The Morgan fingerprint density at radius 2 is 2.07 bits per heavy atom. The number of rotatable bonds is 5. The van der Waals surface area contributed by atoms with Crippen LogP contribution in [0.25, 0.3) is 0 Å². The maximum absolute atomic E-state index is 13.7. The van der Waals surface area contributed by atoms with Crippen molar-refractivity contribution in [3.8, 4) is 0 Å². The molecule has 0 fully saturated rings. The number of hydrogen-bond donors (Lipinski definition) is 2. The summed E-state index contributed by atoms with van der Waals surface area (Å²) in [6.45, 7) is 2.38. The lowest BCUT2D eigenvalue weighted by molar-refractivity contribution is -0.173. The highest BCUT2D eigenvalue weighted by Crippen LogP contribution is 2.46. The predicted octanol–water partition coefficient (Wildman–Crippen LogP) is 5.49. The molecule has 1 aliphatic rings. The smallest absolute Gasteiger partial charge is 0.362 e. The fourth-order valence-electron chi connectivity index (χ4n) is 3.11. The summed E-state index contributed by atoms with van der Waals surface area (Å²) >= 11 is 9.58. The lowest BCUT2D eigenvalue weighted by atomic mass is 9.97. The number of alkyl halides is 3. The van der Waals surface area contributed by atoms with Crippen molar-refractivity contribution in [1.29, 1.82) is 0 Å². The molecule has 3 rings (SSSR count). The van der Waals surface area contributed by atoms with Crippen molar-refractivity contribution in [2.24, 2.45) is 0 Å². The summed E-state index contributed by atoms with van der Waals surface area (Å²) in [5, 5.41) is 9.45. The molecule has 28 heavy (non-hydrogen) atoms. The largest absolute Gasteiger partial charge is 0.410 e. The van der Waals surface area contributed by atoms with E-state index in [4.69, 9.17) is 11.6 Å². The van der Waals surface area contributed by atoms with Crippen LogP contribution in [0.5, 0.6) is 0 Å². The number of unbranched alkanes of at least 4 members (excludes halogenated alkanes) is 1. The van der Waals surface area contributed by atoms with E-state index in [0.717, 1.165) is 22.0 Å². The molecule has 0 aliphatic carbocycles. The van der Waals surface area contributed by atoms with E-state index >= 15 is 0 Å². The zero-order valence-electron chi connectivity index (χ0n) is 15.0. The normalized spacial score (nSPS) is 19.1. The van der Waals surface area contributed by atoms with Crippen LogP contribution in [-0.4, -0.2) is 28.4 Å². The van der Waals surface area contributed by atoms with E-state index in [9.17, 15) is 18.0 Å². The fourth-order valence-corrected chi connectivity index (χ4v) is 3.64. The first-order valence-electron chi connectivity index (χ1n) is 8.87. The molecule has 0 radical (unpaired) electrons. The van der Waals surface area contributed by atoms with Crippen LogP contribution in [-0.2, 0) is 0 Å². The van der Waals surface area contributed by atoms with Crippen LogP contribution in [0.1, 0.15) is 54.3 Å². The second-order valence-corrected chi connectivity index (χ2v) is 7.90. The van der Waals surface area contributed by atoms with E-state index in [1.807, 2.05) is 6.92 Å². The number of halogens is 5. The molecule has 2 aromatic rings. The van der Waals surface area contributed by atoms with Crippen molar-refractivity contribution in [1.82, 2.24) is 15.1 Å². The average molecular weight is 480 g/mol. The van der Waals surface area contributed by atoms with Gasteiger partial charge in [0.15, 0.2) is 11.7 Å². The number of hydrogen-bond acceptors (Lipinski definition) is 3.